The second-order valence-electron chi connectivity index (χ2n) is 4.19. The first-order chi connectivity index (χ1) is 8.58. The number of halogens is 1. The monoisotopic (exact) mass is 244 g/mol. The van der Waals surface area contributed by atoms with Crippen LogP contribution < -0.4 is 0 Å². The van der Waals surface area contributed by atoms with E-state index in [4.69, 9.17) is 5.11 Å². The first kappa shape index (κ1) is 12.3. The Morgan fingerprint density at radius 1 is 1.11 bits per heavy atom. The fraction of sp³-hybridized carbons (Fsp3) is 0.133. The van der Waals surface area contributed by atoms with E-state index in [-0.39, 0.29) is 5.82 Å². The summed E-state index contributed by atoms with van der Waals surface area (Å²) >= 11 is 0. The number of hydrogen-bond donors (Lipinski definition) is 1. The Labute approximate surface area is 105 Å². The van der Waals surface area contributed by atoms with Crippen LogP contribution in [0.15, 0.2) is 48.5 Å². The molecule has 0 amide bonds. The van der Waals surface area contributed by atoms with Crippen LogP contribution >= 0.6 is 0 Å². The van der Waals surface area contributed by atoms with Gasteiger partial charge in [0.1, 0.15) is 5.82 Å². The molecule has 0 unspecified atom stereocenters. The smallest absolute Gasteiger partial charge is 0.310 e. The predicted molar refractivity (Wildman–Crippen MR) is 67.9 cm³/mol. The maximum absolute atomic E-state index is 13.1. The highest BCUT2D eigenvalue weighted by atomic mass is 19.1. The van der Waals surface area contributed by atoms with Gasteiger partial charge in [0.2, 0.25) is 0 Å². The van der Waals surface area contributed by atoms with Gasteiger partial charge in [-0.2, -0.15) is 0 Å². The Hall–Kier alpha value is -2.16. The van der Waals surface area contributed by atoms with Crippen molar-refractivity contribution in [2.75, 3.05) is 0 Å². The maximum atomic E-state index is 13.1. The number of rotatable bonds is 3. The molecule has 0 saturated carbocycles. The summed E-state index contributed by atoms with van der Waals surface area (Å²) < 4.78 is 13.1. The maximum Gasteiger partial charge on any atom is 0.310 e. The van der Waals surface area contributed by atoms with Crippen LogP contribution in [-0.4, -0.2) is 11.1 Å². The van der Waals surface area contributed by atoms with E-state index in [9.17, 15) is 9.18 Å². The number of carbonyl (C=O) groups is 1. The molecule has 2 rings (SSSR count). The predicted octanol–water partition coefficient (Wildman–Crippen LogP) is 3.68. The van der Waals surface area contributed by atoms with Gasteiger partial charge in [-0.05, 0) is 35.7 Å². The van der Waals surface area contributed by atoms with E-state index < -0.39 is 11.9 Å². The Morgan fingerprint density at radius 2 is 1.78 bits per heavy atom. The Balaban J connectivity index is 2.30. The third-order valence-electron chi connectivity index (χ3n) is 2.94. The number of hydrogen-bond acceptors (Lipinski definition) is 1. The lowest BCUT2D eigenvalue weighted by atomic mass is 9.98. The zero-order chi connectivity index (χ0) is 13.1. The molecule has 0 heterocycles. The largest absolute Gasteiger partial charge is 0.481 e. The molecule has 0 saturated heterocycles. The average molecular weight is 244 g/mol. The quantitative estimate of drug-likeness (QED) is 0.894. The van der Waals surface area contributed by atoms with Gasteiger partial charge in [0.25, 0.3) is 0 Å². The molecule has 0 bridgehead atoms. The van der Waals surface area contributed by atoms with Gasteiger partial charge in [0, 0.05) is 0 Å². The van der Waals surface area contributed by atoms with Crippen molar-refractivity contribution in [1.82, 2.24) is 0 Å². The first-order valence-electron chi connectivity index (χ1n) is 5.66. The highest BCUT2D eigenvalue weighted by Crippen LogP contribution is 2.23. The van der Waals surface area contributed by atoms with Crippen molar-refractivity contribution in [2.24, 2.45) is 0 Å². The van der Waals surface area contributed by atoms with Crippen molar-refractivity contribution in [3.63, 3.8) is 0 Å². The summed E-state index contributed by atoms with van der Waals surface area (Å²) in [6.45, 7) is 1.64. The highest BCUT2D eigenvalue weighted by Gasteiger charge is 2.13. The topological polar surface area (TPSA) is 37.3 Å². The van der Waals surface area contributed by atoms with Crippen LogP contribution in [0.2, 0.25) is 0 Å². The molecule has 18 heavy (non-hydrogen) atoms. The van der Waals surface area contributed by atoms with Crippen molar-refractivity contribution < 1.29 is 14.3 Å². The fourth-order valence-corrected chi connectivity index (χ4v) is 1.77. The summed E-state index contributed by atoms with van der Waals surface area (Å²) in [4.78, 5) is 10.8. The Bertz CT molecular complexity index is 561. The van der Waals surface area contributed by atoms with Gasteiger partial charge in [0.05, 0.1) is 5.92 Å². The number of carboxylic acids is 1. The second kappa shape index (κ2) is 5.00. The van der Waals surface area contributed by atoms with E-state index in [2.05, 4.69) is 0 Å². The molecule has 2 aromatic carbocycles. The molecular formula is C15H13FO2. The fourth-order valence-electron chi connectivity index (χ4n) is 1.77. The summed E-state index contributed by atoms with van der Waals surface area (Å²) in [7, 11) is 0. The lowest BCUT2D eigenvalue weighted by Gasteiger charge is -2.08. The Morgan fingerprint density at radius 3 is 2.33 bits per heavy atom. The number of aliphatic carboxylic acids is 1. The van der Waals surface area contributed by atoms with Gasteiger partial charge in [0.15, 0.2) is 0 Å². The summed E-state index contributed by atoms with van der Waals surface area (Å²) in [5, 5.41) is 8.91. The van der Waals surface area contributed by atoms with Gasteiger partial charge in [-0.3, -0.25) is 4.79 Å². The third kappa shape index (κ3) is 2.56. The molecule has 92 valence electrons. The molecule has 0 spiro atoms. The third-order valence-corrected chi connectivity index (χ3v) is 2.94. The standard InChI is InChI=1S/C15H13FO2/c1-10(15(17)18)11-5-7-12(8-6-11)13-3-2-4-14(16)9-13/h2-10H,1H3,(H,17,18)/t10-/m1/s1. The first-order valence-corrected chi connectivity index (χ1v) is 5.66. The van der Waals surface area contributed by atoms with Crippen LogP contribution in [0.5, 0.6) is 0 Å². The molecule has 0 aliphatic rings. The minimum Gasteiger partial charge on any atom is -0.481 e. The Kier molecular flexibility index (Phi) is 3.42. The molecule has 0 radical (unpaired) electrons. The zero-order valence-electron chi connectivity index (χ0n) is 9.93. The minimum absolute atomic E-state index is 0.282. The van der Waals surface area contributed by atoms with Gasteiger partial charge >= 0.3 is 5.97 Å². The SMILES string of the molecule is C[C@@H](C(=O)O)c1ccc(-c2cccc(F)c2)cc1. The molecule has 0 aliphatic heterocycles. The van der Waals surface area contributed by atoms with Gasteiger partial charge < -0.3 is 5.11 Å². The van der Waals surface area contributed by atoms with E-state index >= 15 is 0 Å². The summed E-state index contributed by atoms with van der Waals surface area (Å²) in [5.41, 5.74) is 2.39. The van der Waals surface area contributed by atoms with Gasteiger partial charge in [-0.1, -0.05) is 36.4 Å². The van der Waals surface area contributed by atoms with Gasteiger partial charge in [-0.25, -0.2) is 4.39 Å². The van der Waals surface area contributed by atoms with Crippen molar-refractivity contribution >= 4 is 5.97 Å². The van der Waals surface area contributed by atoms with Crippen LogP contribution in [0.1, 0.15) is 18.4 Å². The van der Waals surface area contributed by atoms with E-state index in [1.54, 1.807) is 25.1 Å². The van der Waals surface area contributed by atoms with Crippen LogP contribution in [0.4, 0.5) is 4.39 Å². The molecule has 0 fully saturated rings. The van der Waals surface area contributed by atoms with Gasteiger partial charge in [-0.15, -0.1) is 0 Å². The van der Waals surface area contributed by atoms with Crippen molar-refractivity contribution in [3.8, 4) is 11.1 Å². The molecule has 0 aromatic heterocycles. The molecule has 3 heteroatoms. The second-order valence-corrected chi connectivity index (χ2v) is 4.19. The van der Waals surface area contributed by atoms with Crippen LogP contribution in [0.3, 0.4) is 0 Å². The molecule has 2 aromatic rings. The summed E-state index contributed by atoms with van der Waals surface area (Å²) in [5.74, 6) is -1.67. The van der Waals surface area contributed by atoms with Crippen LogP contribution in [0, 0.1) is 5.82 Å². The highest BCUT2D eigenvalue weighted by molar-refractivity contribution is 5.76. The molecule has 0 aliphatic carbocycles. The van der Waals surface area contributed by atoms with E-state index in [0.29, 0.717) is 0 Å². The van der Waals surface area contributed by atoms with Crippen molar-refractivity contribution in [2.45, 2.75) is 12.8 Å². The van der Waals surface area contributed by atoms with Crippen LogP contribution in [-0.2, 0) is 4.79 Å². The van der Waals surface area contributed by atoms with E-state index in [0.717, 1.165) is 16.7 Å². The average Bonchev–Trinajstić information content (AvgIpc) is 2.38. The molecule has 1 atom stereocenters. The zero-order valence-corrected chi connectivity index (χ0v) is 9.93. The molecular weight excluding hydrogens is 231 g/mol. The lowest BCUT2D eigenvalue weighted by molar-refractivity contribution is -0.138. The minimum atomic E-state index is -0.853. The molecule has 2 nitrogen and oxygen atoms in total. The number of carboxylic acid groups (broad SMARTS) is 1. The normalized spacial score (nSPS) is 12.1. The number of benzene rings is 2. The van der Waals surface area contributed by atoms with Crippen molar-refractivity contribution in [3.05, 3.63) is 59.9 Å². The lowest BCUT2D eigenvalue weighted by Crippen LogP contribution is -2.06. The summed E-state index contributed by atoms with van der Waals surface area (Å²) in [6, 6.07) is 13.5. The van der Waals surface area contributed by atoms with E-state index in [1.165, 1.54) is 12.1 Å². The summed E-state index contributed by atoms with van der Waals surface area (Å²) in [6.07, 6.45) is 0. The van der Waals surface area contributed by atoms with E-state index in [1.807, 2.05) is 18.2 Å². The molecule has 1 N–H and O–H groups in total. The van der Waals surface area contributed by atoms with Crippen molar-refractivity contribution in [1.29, 1.82) is 0 Å². The van der Waals surface area contributed by atoms with Crippen LogP contribution in [0.25, 0.3) is 11.1 Å².